The molecule has 2 heteroatoms. The van der Waals surface area contributed by atoms with E-state index in [1.54, 1.807) is 5.57 Å². The fraction of sp³-hybridized carbons (Fsp3) is 0.889. The molecule has 0 radical (unpaired) electrons. The van der Waals surface area contributed by atoms with Crippen LogP contribution in [-0.4, -0.2) is 12.1 Å². The number of carbonyl (C=O) groups excluding carboxylic acids is 1. The van der Waals surface area contributed by atoms with Crippen LogP contribution in [-0.2, 0) is 9.53 Å². The summed E-state index contributed by atoms with van der Waals surface area (Å²) in [6.07, 6.45) is 39.5. The first-order chi connectivity index (χ1) is 22.7. The average Bonchev–Trinajstić information content (AvgIpc) is 3.40. The number of hydrogen-bond acceptors (Lipinski definition) is 2. The quantitative estimate of drug-likeness (QED) is 0.0702. The maximum atomic E-state index is 12.8. The van der Waals surface area contributed by atoms with Crippen LogP contribution in [0.4, 0.5) is 0 Å². The predicted molar refractivity (Wildman–Crippen MR) is 202 cm³/mol. The number of hydrogen-bond donors (Lipinski definition) is 0. The third-order valence-corrected chi connectivity index (χ3v) is 14.2. The van der Waals surface area contributed by atoms with Crippen molar-refractivity contribution in [3.8, 4) is 0 Å². The standard InChI is InChI=1S/C45H78O2/c1-7-8-9-10-11-12-13-14-15-16-17-18-19-20-21-25-43(46)47-38-30-32-44(5)37(34-38)26-27-39-41-29-28-40(36(4)24-22-23-35(2)3)45(41,6)33-31-42(39)44/h14-15,26,35-36,38-42H,7-13,16-25,27-34H2,1-6H3/b15-14+. The first-order valence-electron chi connectivity index (χ1n) is 21.2. The molecule has 0 aromatic carbocycles. The molecular weight excluding hydrogens is 572 g/mol. The van der Waals surface area contributed by atoms with Crippen LogP contribution in [0.15, 0.2) is 23.8 Å². The number of carbonyl (C=O) groups is 1. The number of allylic oxidation sites excluding steroid dienone is 3. The minimum atomic E-state index is 0.0541. The lowest BCUT2D eigenvalue weighted by atomic mass is 9.47. The molecule has 4 aliphatic carbocycles. The summed E-state index contributed by atoms with van der Waals surface area (Å²) < 4.78 is 6.12. The summed E-state index contributed by atoms with van der Waals surface area (Å²) in [7, 11) is 0. The molecule has 0 aliphatic heterocycles. The van der Waals surface area contributed by atoms with Crippen LogP contribution in [0.3, 0.4) is 0 Å². The second-order valence-corrected chi connectivity index (χ2v) is 18.0. The Hall–Kier alpha value is -1.05. The predicted octanol–water partition coefficient (Wildman–Crippen LogP) is 14.0. The smallest absolute Gasteiger partial charge is 0.306 e. The third-order valence-electron chi connectivity index (χ3n) is 14.2. The highest BCUT2D eigenvalue weighted by Gasteiger charge is 2.59. The lowest BCUT2D eigenvalue weighted by Gasteiger charge is -2.58. The summed E-state index contributed by atoms with van der Waals surface area (Å²) in [5.74, 6) is 5.31. The van der Waals surface area contributed by atoms with Gasteiger partial charge in [-0.05, 0) is 123 Å². The van der Waals surface area contributed by atoms with Crippen molar-refractivity contribution in [3.63, 3.8) is 0 Å². The number of unbranched alkanes of at least 4 members (excludes halogenated alkanes) is 11. The Kier molecular flexibility index (Phi) is 16.0. The minimum Gasteiger partial charge on any atom is -0.462 e. The van der Waals surface area contributed by atoms with Gasteiger partial charge in [0.15, 0.2) is 0 Å². The number of fused-ring (bicyclic) bond motifs is 5. The second-order valence-electron chi connectivity index (χ2n) is 18.0. The molecule has 4 rings (SSSR count). The molecule has 270 valence electrons. The van der Waals surface area contributed by atoms with E-state index in [-0.39, 0.29) is 12.1 Å². The molecule has 0 bridgehead atoms. The highest BCUT2D eigenvalue weighted by Crippen LogP contribution is 2.67. The van der Waals surface area contributed by atoms with Crippen molar-refractivity contribution >= 4 is 5.97 Å². The van der Waals surface area contributed by atoms with E-state index in [9.17, 15) is 4.79 Å². The SMILES string of the molecule is CCCCCCCC/C=C/CCCCCCCC(=O)OC1CCC2(C)C(=CCC3C2CCC2(C)C(C(C)CCCC(C)C)CCC32)C1. The molecule has 47 heavy (non-hydrogen) atoms. The van der Waals surface area contributed by atoms with E-state index in [1.807, 2.05) is 0 Å². The monoisotopic (exact) mass is 651 g/mol. The summed E-state index contributed by atoms with van der Waals surface area (Å²) >= 11 is 0. The Labute approximate surface area is 293 Å². The highest BCUT2D eigenvalue weighted by molar-refractivity contribution is 5.69. The van der Waals surface area contributed by atoms with Crippen molar-refractivity contribution in [1.29, 1.82) is 0 Å². The molecule has 0 saturated heterocycles. The molecule has 8 unspecified atom stereocenters. The van der Waals surface area contributed by atoms with Gasteiger partial charge in [0, 0.05) is 12.8 Å². The van der Waals surface area contributed by atoms with E-state index in [1.165, 1.54) is 128 Å². The van der Waals surface area contributed by atoms with E-state index in [0.717, 1.165) is 61.2 Å². The first kappa shape index (κ1) is 38.7. The zero-order valence-corrected chi connectivity index (χ0v) is 32.3. The van der Waals surface area contributed by atoms with E-state index < -0.39 is 0 Å². The molecule has 4 aliphatic rings. The zero-order valence-electron chi connectivity index (χ0n) is 32.3. The van der Waals surface area contributed by atoms with Crippen LogP contribution in [0.1, 0.15) is 202 Å². The van der Waals surface area contributed by atoms with Gasteiger partial charge in [0.1, 0.15) is 6.10 Å². The van der Waals surface area contributed by atoms with E-state index in [2.05, 4.69) is 59.8 Å². The third kappa shape index (κ3) is 10.7. The molecule has 0 aromatic heterocycles. The fourth-order valence-electron chi connectivity index (χ4n) is 11.3. The number of esters is 1. The van der Waals surface area contributed by atoms with Crippen molar-refractivity contribution in [2.75, 3.05) is 0 Å². The lowest BCUT2D eigenvalue weighted by molar-refractivity contribution is -0.151. The summed E-state index contributed by atoms with van der Waals surface area (Å²) in [6.45, 7) is 14.9. The Balaban J connectivity index is 1.12. The summed E-state index contributed by atoms with van der Waals surface area (Å²) in [5, 5.41) is 0. The molecule has 3 saturated carbocycles. The van der Waals surface area contributed by atoms with Crippen LogP contribution in [0.2, 0.25) is 0 Å². The molecule has 0 N–H and O–H groups in total. The van der Waals surface area contributed by atoms with E-state index in [4.69, 9.17) is 4.74 Å². The molecule has 0 spiro atoms. The Bertz CT molecular complexity index is 976. The molecule has 0 heterocycles. The average molecular weight is 651 g/mol. The van der Waals surface area contributed by atoms with Crippen molar-refractivity contribution in [2.45, 2.75) is 208 Å². The Morgan fingerprint density at radius 1 is 0.809 bits per heavy atom. The van der Waals surface area contributed by atoms with Crippen LogP contribution >= 0.6 is 0 Å². The van der Waals surface area contributed by atoms with Crippen molar-refractivity contribution in [3.05, 3.63) is 23.8 Å². The molecule has 0 amide bonds. The van der Waals surface area contributed by atoms with Gasteiger partial charge in [-0.15, -0.1) is 0 Å². The van der Waals surface area contributed by atoms with Gasteiger partial charge in [-0.3, -0.25) is 4.79 Å². The molecular formula is C45H78O2. The molecule has 3 fully saturated rings. The Morgan fingerprint density at radius 2 is 1.49 bits per heavy atom. The van der Waals surface area contributed by atoms with Crippen molar-refractivity contribution in [2.24, 2.45) is 46.3 Å². The van der Waals surface area contributed by atoms with Gasteiger partial charge in [-0.2, -0.15) is 0 Å². The van der Waals surface area contributed by atoms with Crippen LogP contribution in [0, 0.1) is 46.3 Å². The Morgan fingerprint density at radius 3 is 2.19 bits per heavy atom. The van der Waals surface area contributed by atoms with Crippen molar-refractivity contribution in [1.82, 2.24) is 0 Å². The fourth-order valence-corrected chi connectivity index (χ4v) is 11.3. The van der Waals surface area contributed by atoms with Gasteiger partial charge in [0.2, 0.25) is 0 Å². The largest absolute Gasteiger partial charge is 0.462 e. The topological polar surface area (TPSA) is 26.3 Å². The van der Waals surface area contributed by atoms with Crippen molar-refractivity contribution < 1.29 is 9.53 Å². The van der Waals surface area contributed by atoms with Crippen LogP contribution < -0.4 is 0 Å². The summed E-state index contributed by atoms with van der Waals surface area (Å²) in [4.78, 5) is 12.8. The zero-order chi connectivity index (χ0) is 33.7. The van der Waals surface area contributed by atoms with E-state index in [0.29, 0.717) is 17.3 Å². The van der Waals surface area contributed by atoms with Crippen LogP contribution in [0.25, 0.3) is 0 Å². The van der Waals surface area contributed by atoms with Gasteiger partial charge >= 0.3 is 5.97 Å². The maximum absolute atomic E-state index is 12.8. The normalized spacial score (nSPS) is 32.6. The van der Waals surface area contributed by atoms with E-state index >= 15 is 0 Å². The molecule has 2 nitrogen and oxygen atoms in total. The molecule has 8 atom stereocenters. The number of ether oxygens (including phenoxy) is 1. The first-order valence-corrected chi connectivity index (χ1v) is 21.2. The van der Waals surface area contributed by atoms with Gasteiger partial charge < -0.3 is 4.74 Å². The minimum absolute atomic E-state index is 0.0541. The van der Waals surface area contributed by atoms with Gasteiger partial charge in [0.05, 0.1) is 0 Å². The number of rotatable bonds is 21. The summed E-state index contributed by atoms with van der Waals surface area (Å²) in [5.41, 5.74) is 2.53. The maximum Gasteiger partial charge on any atom is 0.306 e. The van der Waals surface area contributed by atoms with Gasteiger partial charge in [-0.1, -0.05) is 136 Å². The highest BCUT2D eigenvalue weighted by atomic mass is 16.5. The van der Waals surface area contributed by atoms with Gasteiger partial charge in [-0.25, -0.2) is 0 Å². The van der Waals surface area contributed by atoms with Crippen LogP contribution in [0.5, 0.6) is 0 Å². The summed E-state index contributed by atoms with van der Waals surface area (Å²) in [6, 6.07) is 0. The second kappa shape index (κ2) is 19.4. The van der Waals surface area contributed by atoms with Gasteiger partial charge in [0.25, 0.3) is 0 Å². The molecule has 0 aromatic rings. The lowest BCUT2D eigenvalue weighted by Crippen LogP contribution is -2.51.